The molecule has 0 aliphatic carbocycles. The van der Waals surface area contributed by atoms with E-state index in [4.69, 9.17) is 6.42 Å². The van der Waals surface area contributed by atoms with E-state index in [1.807, 2.05) is 5.92 Å². The van der Waals surface area contributed by atoms with Gasteiger partial charge in [0.2, 0.25) is 6.43 Å². The summed E-state index contributed by atoms with van der Waals surface area (Å²) in [5.74, 6) is 0.802. The van der Waals surface area contributed by atoms with E-state index in [9.17, 15) is 13.0 Å². The van der Waals surface area contributed by atoms with Crippen molar-refractivity contribution in [2.75, 3.05) is 5.75 Å². The largest absolute Gasteiger partial charge is 0.274 e. The normalized spacial score (nSPS) is 37.5. The maximum atomic E-state index is 12.0. The maximum Gasteiger partial charge on any atom is 0.245 e. The Bertz CT molecular complexity index is 211. The third kappa shape index (κ3) is 1.76. The standard InChI is InChI=1S/C6H6F2O2S/c1-2-5-4(6(7)8)3-11(9)10-5/h1,4-6H,3H2. The van der Waals surface area contributed by atoms with Crippen molar-refractivity contribution in [3.05, 3.63) is 0 Å². The highest BCUT2D eigenvalue weighted by atomic mass is 32.2. The van der Waals surface area contributed by atoms with Crippen molar-refractivity contribution >= 4 is 11.1 Å². The van der Waals surface area contributed by atoms with Gasteiger partial charge in [-0.15, -0.1) is 6.42 Å². The van der Waals surface area contributed by atoms with Crippen molar-refractivity contribution in [1.29, 1.82) is 0 Å². The Hall–Kier alpha value is -0.470. The number of hydrogen-bond acceptors (Lipinski definition) is 2. The van der Waals surface area contributed by atoms with Crippen LogP contribution < -0.4 is 0 Å². The van der Waals surface area contributed by atoms with Crippen LogP contribution in [0.2, 0.25) is 0 Å². The molecule has 0 radical (unpaired) electrons. The van der Waals surface area contributed by atoms with Gasteiger partial charge in [0.05, 0.1) is 11.7 Å². The van der Waals surface area contributed by atoms with Crippen LogP contribution in [0.25, 0.3) is 0 Å². The average Bonchev–Trinajstić information content (AvgIpc) is 2.30. The lowest BCUT2D eigenvalue weighted by molar-refractivity contribution is 0.0570. The Kier molecular flexibility index (Phi) is 2.58. The van der Waals surface area contributed by atoms with Crippen molar-refractivity contribution in [2.45, 2.75) is 12.5 Å². The lowest BCUT2D eigenvalue weighted by Crippen LogP contribution is -2.22. The molecule has 0 aromatic rings. The molecule has 0 bridgehead atoms. The van der Waals surface area contributed by atoms with Crippen molar-refractivity contribution < 1.29 is 17.2 Å². The maximum absolute atomic E-state index is 12.0. The molecule has 3 unspecified atom stereocenters. The Morgan fingerprint density at radius 2 is 2.36 bits per heavy atom. The molecule has 0 amide bonds. The van der Waals surface area contributed by atoms with E-state index in [-0.39, 0.29) is 5.75 Å². The molecular weight excluding hydrogens is 174 g/mol. The zero-order valence-electron chi connectivity index (χ0n) is 5.50. The second-order valence-corrected chi connectivity index (χ2v) is 3.29. The quantitative estimate of drug-likeness (QED) is 0.551. The van der Waals surface area contributed by atoms with Crippen LogP contribution in [-0.2, 0) is 15.3 Å². The molecule has 5 heteroatoms. The van der Waals surface area contributed by atoms with Crippen molar-refractivity contribution in [1.82, 2.24) is 0 Å². The predicted molar refractivity (Wildman–Crippen MR) is 36.2 cm³/mol. The first-order valence-electron chi connectivity index (χ1n) is 2.95. The highest BCUT2D eigenvalue weighted by Gasteiger charge is 2.38. The smallest absolute Gasteiger partial charge is 0.245 e. The molecule has 1 fully saturated rings. The fourth-order valence-corrected chi connectivity index (χ4v) is 1.97. The number of halogens is 2. The van der Waals surface area contributed by atoms with Gasteiger partial charge in [0, 0.05) is 0 Å². The molecule has 0 saturated carbocycles. The molecule has 1 saturated heterocycles. The van der Waals surface area contributed by atoms with E-state index in [0.29, 0.717) is 0 Å². The lowest BCUT2D eigenvalue weighted by atomic mass is 10.1. The fraction of sp³-hybridized carbons (Fsp3) is 0.667. The molecular formula is C6H6F2O2S. The Morgan fingerprint density at radius 3 is 2.73 bits per heavy atom. The molecule has 1 aliphatic heterocycles. The summed E-state index contributed by atoms with van der Waals surface area (Å²) < 4.78 is 39.2. The van der Waals surface area contributed by atoms with Crippen LogP contribution >= 0.6 is 0 Å². The van der Waals surface area contributed by atoms with Crippen LogP contribution in [0.5, 0.6) is 0 Å². The van der Waals surface area contributed by atoms with E-state index in [0.717, 1.165) is 0 Å². The molecule has 11 heavy (non-hydrogen) atoms. The molecule has 62 valence electrons. The molecule has 1 aliphatic rings. The summed E-state index contributed by atoms with van der Waals surface area (Å²) in [6, 6.07) is 0. The number of rotatable bonds is 1. The first-order chi connectivity index (χ1) is 5.15. The molecule has 0 N–H and O–H groups in total. The third-order valence-corrected chi connectivity index (χ3v) is 2.50. The molecule has 1 heterocycles. The number of hydrogen-bond donors (Lipinski definition) is 0. The monoisotopic (exact) mass is 180 g/mol. The van der Waals surface area contributed by atoms with Crippen LogP contribution in [0.4, 0.5) is 8.78 Å². The highest BCUT2D eigenvalue weighted by molar-refractivity contribution is 7.80. The summed E-state index contributed by atoms with van der Waals surface area (Å²) in [4.78, 5) is 0. The fourth-order valence-electron chi connectivity index (χ4n) is 0.827. The summed E-state index contributed by atoms with van der Waals surface area (Å²) in [7, 11) is 0. The van der Waals surface area contributed by atoms with E-state index in [1.165, 1.54) is 0 Å². The second kappa shape index (κ2) is 3.28. The first-order valence-corrected chi connectivity index (χ1v) is 4.19. The molecule has 0 aromatic heterocycles. The molecule has 3 atom stereocenters. The van der Waals surface area contributed by atoms with E-state index in [2.05, 4.69) is 4.18 Å². The van der Waals surface area contributed by atoms with Crippen molar-refractivity contribution in [3.8, 4) is 12.3 Å². The van der Waals surface area contributed by atoms with Gasteiger partial charge in [0.15, 0.2) is 11.1 Å². The molecule has 0 spiro atoms. The Balaban J connectivity index is 2.66. The van der Waals surface area contributed by atoms with Gasteiger partial charge < -0.3 is 0 Å². The van der Waals surface area contributed by atoms with Crippen LogP contribution in [-0.4, -0.2) is 22.5 Å². The molecule has 1 rings (SSSR count). The lowest BCUT2D eigenvalue weighted by Gasteiger charge is -2.08. The van der Waals surface area contributed by atoms with E-state index in [1.54, 1.807) is 0 Å². The third-order valence-electron chi connectivity index (χ3n) is 1.42. The van der Waals surface area contributed by atoms with Gasteiger partial charge >= 0.3 is 0 Å². The zero-order chi connectivity index (χ0) is 8.43. The summed E-state index contributed by atoms with van der Waals surface area (Å²) in [6.45, 7) is 0. The summed E-state index contributed by atoms with van der Waals surface area (Å²) >= 11 is -1.63. The van der Waals surface area contributed by atoms with Crippen LogP contribution in [0.15, 0.2) is 0 Å². The van der Waals surface area contributed by atoms with Gasteiger partial charge in [-0.05, 0) is 0 Å². The van der Waals surface area contributed by atoms with E-state index >= 15 is 0 Å². The van der Waals surface area contributed by atoms with Crippen LogP contribution in [0.3, 0.4) is 0 Å². The second-order valence-electron chi connectivity index (χ2n) is 2.15. The van der Waals surface area contributed by atoms with Gasteiger partial charge in [-0.1, -0.05) is 5.92 Å². The SMILES string of the molecule is C#CC1OS(=O)CC1C(F)F. The summed E-state index contributed by atoms with van der Waals surface area (Å²) in [6.07, 6.45) is 1.34. The topological polar surface area (TPSA) is 26.3 Å². The number of alkyl halides is 2. The van der Waals surface area contributed by atoms with Crippen molar-refractivity contribution in [2.24, 2.45) is 5.92 Å². The summed E-state index contributed by atoms with van der Waals surface area (Å²) in [5.41, 5.74) is 0. The minimum absolute atomic E-state index is 0.160. The van der Waals surface area contributed by atoms with Crippen molar-refractivity contribution in [3.63, 3.8) is 0 Å². The zero-order valence-corrected chi connectivity index (χ0v) is 6.31. The van der Waals surface area contributed by atoms with Gasteiger partial charge in [0.1, 0.15) is 6.10 Å². The predicted octanol–water partition coefficient (Wildman–Crippen LogP) is 0.563. The summed E-state index contributed by atoms with van der Waals surface area (Å²) in [5, 5.41) is 0. The van der Waals surface area contributed by atoms with Gasteiger partial charge in [0.25, 0.3) is 0 Å². The minimum Gasteiger partial charge on any atom is -0.274 e. The van der Waals surface area contributed by atoms with E-state index < -0.39 is 29.5 Å². The Morgan fingerprint density at radius 1 is 1.73 bits per heavy atom. The first kappa shape index (κ1) is 8.62. The Labute approximate surface area is 65.6 Å². The minimum atomic E-state index is -2.55. The average molecular weight is 180 g/mol. The molecule has 0 aromatic carbocycles. The highest BCUT2D eigenvalue weighted by Crippen LogP contribution is 2.25. The van der Waals surface area contributed by atoms with Gasteiger partial charge in [-0.25, -0.2) is 13.0 Å². The van der Waals surface area contributed by atoms with Gasteiger partial charge in [-0.2, -0.15) is 0 Å². The number of terminal acetylenes is 1. The van der Waals surface area contributed by atoms with Gasteiger partial charge in [-0.3, -0.25) is 4.18 Å². The molecule has 2 nitrogen and oxygen atoms in total. The van der Waals surface area contributed by atoms with Crippen LogP contribution in [0, 0.1) is 18.3 Å². The van der Waals surface area contributed by atoms with Crippen LogP contribution in [0.1, 0.15) is 0 Å².